The van der Waals surface area contributed by atoms with Gasteiger partial charge in [-0.1, -0.05) is 54.6 Å². The van der Waals surface area contributed by atoms with Crippen LogP contribution in [-0.2, 0) is 9.53 Å². The van der Waals surface area contributed by atoms with Crippen molar-refractivity contribution in [3.8, 4) is 0 Å². The molecule has 1 unspecified atom stereocenters. The lowest BCUT2D eigenvalue weighted by Crippen LogP contribution is -2.16. The first-order valence-corrected chi connectivity index (χ1v) is 7.73. The molecule has 120 valence electrons. The molecule has 0 spiro atoms. The maximum Gasteiger partial charge on any atom is 0.337 e. The molecule has 0 radical (unpaired) electrons. The van der Waals surface area contributed by atoms with Crippen LogP contribution in [0.15, 0.2) is 60.2 Å². The van der Waals surface area contributed by atoms with Gasteiger partial charge in [0.05, 0.1) is 12.2 Å². The van der Waals surface area contributed by atoms with E-state index in [-0.39, 0.29) is 12.2 Å². The highest BCUT2D eigenvalue weighted by Crippen LogP contribution is 2.31. The molecule has 0 fully saturated rings. The number of carbonyl (C=O) groups excluding carboxylic acids is 1. The molecule has 3 nitrogen and oxygen atoms in total. The van der Waals surface area contributed by atoms with Gasteiger partial charge in [-0.25, -0.2) is 4.79 Å². The van der Waals surface area contributed by atoms with Crippen molar-refractivity contribution in [2.24, 2.45) is 0 Å². The van der Waals surface area contributed by atoms with Crippen molar-refractivity contribution < 1.29 is 14.6 Å². The van der Waals surface area contributed by atoms with Crippen LogP contribution in [0.5, 0.6) is 0 Å². The van der Waals surface area contributed by atoms with Gasteiger partial charge in [0.15, 0.2) is 0 Å². The predicted molar refractivity (Wildman–Crippen MR) is 91.8 cm³/mol. The number of carbonyl (C=O) groups is 1. The Bertz CT molecular complexity index is 702. The second kappa shape index (κ2) is 7.75. The van der Waals surface area contributed by atoms with Gasteiger partial charge in [0.1, 0.15) is 6.10 Å². The number of allylic oxidation sites excluding steroid dienone is 1. The highest BCUT2D eigenvalue weighted by atomic mass is 16.5. The van der Waals surface area contributed by atoms with Crippen LogP contribution in [-0.4, -0.2) is 17.7 Å². The Kier molecular flexibility index (Phi) is 5.72. The summed E-state index contributed by atoms with van der Waals surface area (Å²) in [6, 6.07) is 16.9. The third kappa shape index (κ3) is 3.88. The van der Waals surface area contributed by atoms with Crippen molar-refractivity contribution in [1.82, 2.24) is 0 Å². The summed E-state index contributed by atoms with van der Waals surface area (Å²) in [4.78, 5) is 12.4. The monoisotopic (exact) mass is 310 g/mol. The summed E-state index contributed by atoms with van der Waals surface area (Å²) in [5, 5.41) is 10.7. The number of aliphatic hydroxyl groups excluding tert-OH is 1. The fourth-order valence-corrected chi connectivity index (χ4v) is 2.62. The first-order valence-electron chi connectivity index (χ1n) is 7.73. The zero-order valence-electron chi connectivity index (χ0n) is 13.7. The largest absolute Gasteiger partial charge is 0.463 e. The maximum atomic E-state index is 12.4. The SMILES string of the molecule is CCOC(=O)/C(=C(\C)c1ccccc1C)C(O)c1ccccc1. The molecule has 1 atom stereocenters. The highest BCUT2D eigenvalue weighted by molar-refractivity contribution is 5.98. The van der Waals surface area contributed by atoms with Crippen molar-refractivity contribution in [3.05, 3.63) is 76.9 Å². The Morgan fingerprint density at radius 2 is 1.70 bits per heavy atom. The number of benzene rings is 2. The molecule has 2 aromatic carbocycles. The molecule has 0 amide bonds. The molecule has 0 aliphatic rings. The predicted octanol–water partition coefficient (Wildman–Crippen LogP) is 4.07. The lowest BCUT2D eigenvalue weighted by atomic mass is 9.91. The minimum atomic E-state index is -1.02. The van der Waals surface area contributed by atoms with Crippen LogP contribution >= 0.6 is 0 Å². The van der Waals surface area contributed by atoms with Gasteiger partial charge in [0, 0.05) is 0 Å². The Hall–Kier alpha value is -2.39. The Labute approximate surface area is 137 Å². The normalized spacial score (nSPS) is 13.2. The van der Waals surface area contributed by atoms with Crippen LogP contribution in [0.25, 0.3) is 5.57 Å². The summed E-state index contributed by atoms with van der Waals surface area (Å²) in [6.45, 7) is 5.86. The van der Waals surface area contributed by atoms with Crippen LogP contribution in [0.2, 0.25) is 0 Å². The molecule has 0 heterocycles. The van der Waals surface area contributed by atoms with E-state index in [0.29, 0.717) is 5.56 Å². The third-order valence-electron chi connectivity index (χ3n) is 3.84. The molecular weight excluding hydrogens is 288 g/mol. The van der Waals surface area contributed by atoms with Gasteiger partial charge in [0.25, 0.3) is 0 Å². The van der Waals surface area contributed by atoms with E-state index in [1.54, 1.807) is 19.1 Å². The van der Waals surface area contributed by atoms with Crippen molar-refractivity contribution in [1.29, 1.82) is 0 Å². The van der Waals surface area contributed by atoms with E-state index in [9.17, 15) is 9.90 Å². The quantitative estimate of drug-likeness (QED) is 0.669. The van der Waals surface area contributed by atoms with E-state index in [2.05, 4.69) is 0 Å². The molecule has 0 saturated heterocycles. The van der Waals surface area contributed by atoms with Gasteiger partial charge >= 0.3 is 5.97 Å². The van der Waals surface area contributed by atoms with E-state index in [1.165, 1.54) is 0 Å². The van der Waals surface area contributed by atoms with Gasteiger partial charge in [-0.3, -0.25) is 0 Å². The second-order valence-corrected chi connectivity index (χ2v) is 5.39. The van der Waals surface area contributed by atoms with Crippen LogP contribution in [0.3, 0.4) is 0 Å². The standard InChI is InChI=1S/C20H22O3/c1-4-23-20(22)18(19(21)16-11-6-5-7-12-16)15(3)17-13-9-8-10-14(17)2/h5-13,19,21H,4H2,1-3H3/b18-15+. The first kappa shape index (κ1) is 17.0. The first-order chi connectivity index (χ1) is 11.1. The number of esters is 1. The van der Waals surface area contributed by atoms with Gasteiger partial charge < -0.3 is 9.84 Å². The summed E-state index contributed by atoms with van der Waals surface area (Å²) in [7, 11) is 0. The summed E-state index contributed by atoms with van der Waals surface area (Å²) in [5.74, 6) is -0.482. The summed E-state index contributed by atoms with van der Waals surface area (Å²) < 4.78 is 5.17. The minimum absolute atomic E-state index is 0.269. The van der Waals surface area contributed by atoms with Crippen molar-refractivity contribution in [2.45, 2.75) is 26.9 Å². The van der Waals surface area contributed by atoms with Gasteiger partial charge in [-0.2, -0.15) is 0 Å². The van der Waals surface area contributed by atoms with E-state index in [1.807, 2.05) is 56.3 Å². The Morgan fingerprint density at radius 3 is 2.30 bits per heavy atom. The molecule has 0 aliphatic carbocycles. The molecule has 0 bridgehead atoms. The third-order valence-corrected chi connectivity index (χ3v) is 3.84. The summed E-state index contributed by atoms with van der Waals surface area (Å²) in [5.41, 5.74) is 3.67. The molecule has 0 aliphatic heterocycles. The number of aliphatic hydroxyl groups is 1. The molecule has 0 saturated carbocycles. The number of ether oxygens (including phenoxy) is 1. The van der Waals surface area contributed by atoms with E-state index < -0.39 is 12.1 Å². The zero-order chi connectivity index (χ0) is 16.8. The Balaban J connectivity index is 2.56. The maximum absolute atomic E-state index is 12.4. The minimum Gasteiger partial charge on any atom is -0.463 e. The average molecular weight is 310 g/mol. The fraction of sp³-hybridized carbons (Fsp3) is 0.250. The van der Waals surface area contributed by atoms with Crippen LogP contribution in [0, 0.1) is 6.92 Å². The molecule has 2 aromatic rings. The topological polar surface area (TPSA) is 46.5 Å². The van der Waals surface area contributed by atoms with E-state index in [0.717, 1.165) is 16.7 Å². The number of hydrogen-bond donors (Lipinski definition) is 1. The molecule has 23 heavy (non-hydrogen) atoms. The van der Waals surface area contributed by atoms with Crippen molar-refractivity contribution in [3.63, 3.8) is 0 Å². The molecule has 2 rings (SSSR count). The molecule has 1 N–H and O–H groups in total. The van der Waals surface area contributed by atoms with Gasteiger partial charge in [-0.15, -0.1) is 0 Å². The van der Waals surface area contributed by atoms with E-state index in [4.69, 9.17) is 4.74 Å². The zero-order valence-corrected chi connectivity index (χ0v) is 13.7. The molecule has 0 aromatic heterocycles. The summed E-state index contributed by atoms with van der Waals surface area (Å²) in [6.07, 6.45) is -1.02. The lowest BCUT2D eigenvalue weighted by Gasteiger charge is -2.18. The number of aryl methyl sites for hydroxylation is 1. The van der Waals surface area contributed by atoms with Crippen molar-refractivity contribution in [2.75, 3.05) is 6.61 Å². The smallest absolute Gasteiger partial charge is 0.337 e. The van der Waals surface area contributed by atoms with Gasteiger partial charge in [0.2, 0.25) is 0 Å². The van der Waals surface area contributed by atoms with E-state index >= 15 is 0 Å². The highest BCUT2D eigenvalue weighted by Gasteiger charge is 2.25. The molecule has 3 heteroatoms. The van der Waals surface area contributed by atoms with Crippen LogP contribution < -0.4 is 0 Å². The van der Waals surface area contributed by atoms with Crippen molar-refractivity contribution >= 4 is 11.5 Å². The number of hydrogen-bond acceptors (Lipinski definition) is 3. The Morgan fingerprint density at radius 1 is 1.09 bits per heavy atom. The van der Waals surface area contributed by atoms with Gasteiger partial charge in [-0.05, 0) is 43.0 Å². The lowest BCUT2D eigenvalue weighted by molar-refractivity contribution is -0.139. The average Bonchev–Trinajstić information content (AvgIpc) is 2.56. The fourth-order valence-electron chi connectivity index (χ4n) is 2.62. The number of rotatable bonds is 5. The van der Waals surface area contributed by atoms with Crippen LogP contribution in [0.1, 0.15) is 36.6 Å². The second-order valence-electron chi connectivity index (χ2n) is 5.39. The van der Waals surface area contributed by atoms with Crippen LogP contribution in [0.4, 0.5) is 0 Å². The molecular formula is C20H22O3. The summed E-state index contributed by atoms with van der Waals surface area (Å²) >= 11 is 0.